The van der Waals surface area contributed by atoms with Crippen molar-refractivity contribution < 1.29 is 19.1 Å². The second kappa shape index (κ2) is 9.22. The van der Waals surface area contributed by atoms with Crippen molar-refractivity contribution in [3.63, 3.8) is 0 Å². The van der Waals surface area contributed by atoms with Gasteiger partial charge in [0.05, 0.1) is 26.3 Å². The number of carbonyl (C=O) groups is 2. The van der Waals surface area contributed by atoms with Crippen molar-refractivity contribution in [1.82, 2.24) is 19.8 Å². The summed E-state index contributed by atoms with van der Waals surface area (Å²) >= 11 is 0. The van der Waals surface area contributed by atoms with Crippen LogP contribution in [0.4, 0.5) is 5.69 Å². The smallest absolute Gasteiger partial charge is 0.401 e. The normalized spacial score (nSPS) is 23.4. The van der Waals surface area contributed by atoms with E-state index >= 15 is 0 Å². The van der Waals surface area contributed by atoms with Crippen LogP contribution in [-0.4, -0.2) is 72.5 Å². The van der Waals surface area contributed by atoms with E-state index in [9.17, 15) is 9.59 Å². The molecule has 4 rings (SSSR count). The van der Waals surface area contributed by atoms with Gasteiger partial charge in [0, 0.05) is 6.04 Å². The molecular formula is C23H32N5O4+. The molecule has 32 heavy (non-hydrogen) atoms. The molecule has 1 saturated heterocycles. The highest BCUT2D eigenvalue weighted by molar-refractivity contribution is 6.12. The molecule has 2 atom stereocenters. The van der Waals surface area contributed by atoms with Gasteiger partial charge in [0.25, 0.3) is 5.91 Å². The number of esters is 1. The molecule has 9 nitrogen and oxygen atoms in total. The van der Waals surface area contributed by atoms with E-state index in [-0.39, 0.29) is 18.1 Å². The SMILES string of the molecule is CCOC(=O)c1ccc(NC2=[N+]=C3C(N2)N(C2CCCC2)C(CC)C(=O)N3C)c(OC)c1. The Balaban J connectivity index is 1.60. The Kier molecular flexibility index (Phi) is 6.39. The minimum Gasteiger partial charge on any atom is -0.493 e. The monoisotopic (exact) mass is 442 g/mol. The molecular weight excluding hydrogens is 410 g/mol. The van der Waals surface area contributed by atoms with Gasteiger partial charge < -0.3 is 9.47 Å². The Morgan fingerprint density at radius 1 is 1.28 bits per heavy atom. The summed E-state index contributed by atoms with van der Waals surface area (Å²) in [6.07, 6.45) is 5.20. The maximum absolute atomic E-state index is 13.1. The van der Waals surface area contributed by atoms with Gasteiger partial charge in [-0.3, -0.25) is 10.1 Å². The standard InChI is InChI=1S/C23H31N5O4/c1-5-17-21(29)27(3)19-20(28(17)15-9-7-8-10-15)26-23(25-19)24-16-12-11-14(13-18(16)31-4)22(30)32-6-2/h11-13,15,17,20H,5-10H2,1-4H3,(H,24,26,30)/p+1. The van der Waals surface area contributed by atoms with Crippen LogP contribution < -0.4 is 20.0 Å². The van der Waals surface area contributed by atoms with Gasteiger partial charge in [-0.25, -0.2) is 24.6 Å². The maximum atomic E-state index is 13.1. The zero-order valence-electron chi connectivity index (χ0n) is 19.2. The summed E-state index contributed by atoms with van der Waals surface area (Å²) in [4.78, 5) is 29.1. The van der Waals surface area contributed by atoms with Crippen LogP contribution in [0.25, 0.3) is 0 Å². The van der Waals surface area contributed by atoms with Crippen molar-refractivity contribution >= 4 is 29.4 Å². The number of fused-ring (bicyclic) bond motifs is 1. The molecule has 0 radical (unpaired) electrons. The first-order chi connectivity index (χ1) is 15.5. The highest BCUT2D eigenvalue weighted by atomic mass is 16.5. The minimum absolute atomic E-state index is 0.0915. The summed E-state index contributed by atoms with van der Waals surface area (Å²) in [5, 5.41) is 6.75. The Labute approximate surface area is 188 Å². The van der Waals surface area contributed by atoms with E-state index in [0.717, 1.165) is 19.3 Å². The fourth-order valence-electron chi connectivity index (χ4n) is 4.89. The zero-order chi connectivity index (χ0) is 22.8. The van der Waals surface area contributed by atoms with Crippen molar-refractivity contribution in [3.8, 4) is 5.75 Å². The number of hydrogen-bond donors (Lipinski definition) is 2. The summed E-state index contributed by atoms with van der Waals surface area (Å²) in [6.45, 7) is 4.14. The number of nitrogens with zero attached hydrogens (tertiary/aromatic N) is 3. The molecule has 1 aromatic carbocycles. The molecule has 2 heterocycles. The number of carbonyl (C=O) groups excluding carboxylic acids is 2. The summed E-state index contributed by atoms with van der Waals surface area (Å²) in [7, 11) is 3.34. The summed E-state index contributed by atoms with van der Waals surface area (Å²) in [5.74, 6) is 1.45. The molecule has 2 fully saturated rings. The van der Waals surface area contributed by atoms with Crippen LogP contribution in [0.3, 0.4) is 0 Å². The fraction of sp³-hybridized carbons (Fsp3) is 0.565. The molecule has 172 valence electrons. The lowest BCUT2D eigenvalue weighted by Gasteiger charge is -2.42. The zero-order valence-corrected chi connectivity index (χ0v) is 19.2. The number of likely N-dealkylation sites (N-methyl/N-ethyl adjacent to an activating group) is 1. The fourth-order valence-corrected chi connectivity index (χ4v) is 4.89. The minimum atomic E-state index is -0.395. The van der Waals surface area contributed by atoms with E-state index in [1.165, 1.54) is 12.8 Å². The third-order valence-corrected chi connectivity index (χ3v) is 6.46. The molecule has 1 saturated carbocycles. The number of amidine groups is 1. The predicted molar refractivity (Wildman–Crippen MR) is 123 cm³/mol. The van der Waals surface area contributed by atoms with Gasteiger partial charge in [0.2, 0.25) is 6.17 Å². The van der Waals surface area contributed by atoms with Crippen molar-refractivity contribution in [1.29, 1.82) is 0 Å². The molecule has 1 amide bonds. The Bertz CT molecular complexity index is 965. The largest absolute Gasteiger partial charge is 0.493 e. The van der Waals surface area contributed by atoms with Crippen molar-refractivity contribution in [2.75, 3.05) is 26.1 Å². The molecule has 0 spiro atoms. The highest BCUT2D eigenvalue weighted by Gasteiger charge is 2.53. The van der Waals surface area contributed by atoms with E-state index in [4.69, 9.17) is 14.1 Å². The van der Waals surface area contributed by atoms with E-state index in [0.29, 0.717) is 41.4 Å². The molecule has 1 aliphatic carbocycles. The number of ether oxygens (including phenoxy) is 2. The Morgan fingerprint density at radius 3 is 2.69 bits per heavy atom. The third-order valence-electron chi connectivity index (χ3n) is 6.46. The van der Waals surface area contributed by atoms with Crippen LogP contribution in [-0.2, 0) is 9.53 Å². The summed E-state index contributed by atoms with van der Waals surface area (Å²) < 4.78 is 15.3. The van der Waals surface area contributed by atoms with Crippen LogP contribution in [0.15, 0.2) is 18.2 Å². The van der Waals surface area contributed by atoms with Crippen molar-refractivity contribution in [2.24, 2.45) is 0 Å². The number of piperazine rings is 1. The number of methoxy groups -OCH3 is 1. The topological polar surface area (TPSA) is 97.2 Å². The number of rotatable bonds is 6. The average Bonchev–Trinajstić information content (AvgIpc) is 3.47. The highest BCUT2D eigenvalue weighted by Crippen LogP contribution is 2.32. The van der Waals surface area contributed by atoms with E-state index in [1.807, 2.05) is 0 Å². The van der Waals surface area contributed by atoms with Gasteiger partial charge in [-0.1, -0.05) is 19.8 Å². The van der Waals surface area contributed by atoms with E-state index in [1.54, 1.807) is 44.2 Å². The van der Waals surface area contributed by atoms with E-state index < -0.39 is 5.97 Å². The Morgan fingerprint density at radius 2 is 2.03 bits per heavy atom. The van der Waals surface area contributed by atoms with Gasteiger partial charge in [-0.2, -0.15) is 0 Å². The first-order valence-electron chi connectivity index (χ1n) is 11.4. The van der Waals surface area contributed by atoms with E-state index in [2.05, 4.69) is 22.5 Å². The molecule has 0 bridgehead atoms. The number of amides is 1. The second-order valence-electron chi connectivity index (χ2n) is 8.33. The van der Waals surface area contributed by atoms with Gasteiger partial charge in [-0.05, 0) is 44.4 Å². The van der Waals surface area contributed by atoms with Crippen molar-refractivity contribution in [3.05, 3.63) is 23.8 Å². The molecule has 2 N–H and O–H groups in total. The lowest BCUT2D eigenvalue weighted by Crippen LogP contribution is -2.68. The number of hydrogen-bond acceptors (Lipinski definition) is 7. The van der Waals surface area contributed by atoms with Crippen LogP contribution in [0, 0.1) is 0 Å². The van der Waals surface area contributed by atoms with Crippen LogP contribution in [0.2, 0.25) is 0 Å². The quantitative estimate of drug-likeness (QED) is 0.509. The number of guanidine groups is 1. The van der Waals surface area contributed by atoms with Gasteiger partial charge >= 0.3 is 17.8 Å². The lowest BCUT2D eigenvalue weighted by atomic mass is 10.0. The lowest BCUT2D eigenvalue weighted by molar-refractivity contribution is -0.137. The summed E-state index contributed by atoms with van der Waals surface area (Å²) in [5.41, 5.74) is 1.08. The average molecular weight is 443 g/mol. The van der Waals surface area contributed by atoms with Crippen LogP contribution in [0.1, 0.15) is 56.3 Å². The second-order valence-corrected chi connectivity index (χ2v) is 8.33. The molecule has 1 aromatic rings. The molecule has 0 aromatic heterocycles. The number of benzene rings is 1. The Hall–Kier alpha value is -3.03. The molecule has 2 aliphatic heterocycles. The summed E-state index contributed by atoms with van der Waals surface area (Å²) in [6, 6.07) is 5.31. The van der Waals surface area contributed by atoms with Gasteiger partial charge in [0.1, 0.15) is 11.7 Å². The van der Waals surface area contributed by atoms with Crippen molar-refractivity contribution in [2.45, 2.75) is 64.2 Å². The number of anilines is 1. The first-order valence-corrected chi connectivity index (χ1v) is 11.4. The molecule has 3 aliphatic rings. The molecule has 2 unspecified atom stereocenters. The third kappa shape index (κ3) is 3.94. The molecule has 9 heteroatoms. The van der Waals surface area contributed by atoms with Gasteiger partial charge in [0.15, 0.2) is 5.75 Å². The first kappa shape index (κ1) is 22.2. The number of nitrogens with one attached hydrogen (secondary N) is 2. The van der Waals surface area contributed by atoms with Crippen LogP contribution in [0.5, 0.6) is 5.75 Å². The van der Waals surface area contributed by atoms with Gasteiger partial charge in [-0.15, -0.1) is 0 Å². The predicted octanol–water partition coefficient (Wildman–Crippen LogP) is 1.53. The maximum Gasteiger partial charge on any atom is 0.401 e. The van der Waals surface area contributed by atoms with Crippen LogP contribution >= 0.6 is 0 Å².